The van der Waals surface area contributed by atoms with Crippen LogP contribution in [0, 0.1) is 0 Å². The van der Waals surface area contributed by atoms with E-state index in [4.69, 9.17) is 9.84 Å². The Kier molecular flexibility index (Phi) is 2.92. The number of carbonyl (C=O) groups excluding carboxylic acids is 1. The number of ketones is 1. The van der Waals surface area contributed by atoms with Crippen LogP contribution in [0.15, 0.2) is 21.9 Å². The minimum atomic E-state index is -1.48. The zero-order chi connectivity index (χ0) is 12.6. The number of aromatic amines is 1. The number of aromatic nitrogens is 2. The van der Waals surface area contributed by atoms with Crippen LogP contribution < -0.4 is 11.2 Å². The molecule has 0 saturated carbocycles. The van der Waals surface area contributed by atoms with Crippen molar-refractivity contribution >= 4 is 5.78 Å². The van der Waals surface area contributed by atoms with Gasteiger partial charge in [-0.1, -0.05) is 0 Å². The zero-order valence-corrected chi connectivity index (χ0v) is 8.57. The van der Waals surface area contributed by atoms with Crippen LogP contribution in [0.4, 0.5) is 0 Å². The van der Waals surface area contributed by atoms with E-state index in [1.165, 1.54) is 0 Å². The van der Waals surface area contributed by atoms with E-state index in [0.29, 0.717) is 0 Å². The number of hydrogen-bond acceptors (Lipinski definition) is 6. The van der Waals surface area contributed by atoms with Crippen molar-refractivity contribution < 1.29 is 19.7 Å². The van der Waals surface area contributed by atoms with Crippen LogP contribution in [-0.4, -0.2) is 44.4 Å². The molecule has 0 amide bonds. The van der Waals surface area contributed by atoms with Gasteiger partial charge in [0.25, 0.3) is 5.56 Å². The van der Waals surface area contributed by atoms with Gasteiger partial charge < -0.3 is 14.9 Å². The molecular formula is C9H10N2O6. The second kappa shape index (κ2) is 4.24. The van der Waals surface area contributed by atoms with Crippen molar-refractivity contribution in [1.29, 1.82) is 0 Å². The van der Waals surface area contributed by atoms with E-state index in [1.807, 2.05) is 4.98 Å². The Morgan fingerprint density at radius 2 is 2.12 bits per heavy atom. The van der Waals surface area contributed by atoms with Gasteiger partial charge in [0.15, 0.2) is 0 Å². The van der Waals surface area contributed by atoms with E-state index in [2.05, 4.69) is 0 Å². The van der Waals surface area contributed by atoms with Crippen molar-refractivity contribution in [3.63, 3.8) is 0 Å². The zero-order valence-electron chi connectivity index (χ0n) is 8.57. The molecule has 1 fully saturated rings. The third-order valence-electron chi connectivity index (χ3n) is 2.47. The molecule has 1 aromatic rings. The van der Waals surface area contributed by atoms with Gasteiger partial charge in [0, 0.05) is 12.3 Å². The first-order valence-corrected chi connectivity index (χ1v) is 4.84. The summed E-state index contributed by atoms with van der Waals surface area (Å²) in [4.78, 5) is 35.8. The van der Waals surface area contributed by atoms with Crippen molar-refractivity contribution in [3.8, 4) is 0 Å². The van der Waals surface area contributed by atoms with Gasteiger partial charge in [0.05, 0.1) is 6.61 Å². The van der Waals surface area contributed by atoms with Crippen LogP contribution in [-0.2, 0) is 9.53 Å². The Labute approximate surface area is 94.1 Å². The van der Waals surface area contributed by atoms with E-state index in [9.17, 15) is 19.5 Å². The van der Waals surface area contributed by atoms with Gasteiger partial charge in [0.1, 0.15) is 12.2 Å². The van der Waals surface area contributed by atoms with Gasteiger partial charge in [-0.2, -0.15) is 0 Å². The minimum absolute atomic E-state index is 0.540. The minimum Gasteiger partial charge on any atom is -0.394 e. The average Bonchev–Trinajstić information content (AvgIpc) is 2.57. The summed E-state index contributed by atoms with van der Waals surface area (Å²) in [6.07, 6.45) is -2.78. The highest BCUT2D eigenvalue weighted by molar-refractivity contribution is 5.87. The number of carbonyl (C=O) groups is 1. The number of nitrogens with zero attached hydrogens (tertiary/aromatic N) is 1. The smallest absolute Gasteiger partial charge is 0.330 e. The fourth-order valence-corrected chi connectivity index (χ4v) is 1.59. The number of aliphatic hydroxyl groups is 2. The molecule has 17 heavy (non-hydrogen) atoms. The summed E-state index contributed by atoms with van der Waals surface area (Å²) in [7, 11) is 0. The summed E-state index contributed by atoms with van der Waals surface area (Å²) in [6, 6.07) is 1.05. The first-order chi connectivity index (χ1) is 8.04. The maximum atomic E-state index is 11.6. The Balaban J connectivity index is 2.39. The second-order valence-corrected chi connectivity index (χ2v) is 3.57. The molecule has 0 bridgehead atoms. The molecule has 0 spiro atoms. The summed E-state index contributed by atoms with van der Waals surface area (Å²) in [5, 5.41) is 18.3. The molecule has 3 N–H and O–H groups in total. The Morgan fingerprint density at radius 1 is 1.41 bits per heavy atom. The summed E-state index contributed by atoms with van der Waals surface area (Å²) in [5.41, 5.74) is -1.42. The highest BCUT2D eigenvalue weighted by Gasteiger charge is 2.43. The summed E-state index contributed by atoms with van der Waals surface area (Å²) >= 11 is 0. The van der Waals surface area contributed by atoms with Gasteiger partial charge in [-0.15, -0.1) is 0 Å². The molecule has 3 atom stereocenters. The standard InChI is InChI=1S/C9H10N2O6/c12-3-4-6(14)7(15)8(17-4)11-2-1-5(13)10-9(11)16/h1-2,4,6,8,12,14H,3H2,(H,10,13,16). The lowest BCUT2D eigenvalue weighted by Gasteiger charge is -2.12. The molecule has 0 aromatic carbocycles. The van der Waals surface area contributed by atoms with Crippen molar-refractivity contribution in [2.24, 2.45) is 0 Å². The van der Waals surface area contributed by atoms with Gasteiger partial charge in [-0.05, 0) is 0 Å². The van der Waals surface area contributed by atoms with Crippen LogP contribution in [0.25, 0.3) is 0 Å². The van der Waals surface area contributed by atoms with Crippen molar-refractivity contribution in [3.05, 3.63) is 33.1 Å². The topological polar surface area (TPSA) is 122 Å². The molecule has 2 rings (SSSR count). The molecule has 1 aliphatic heterocycles. The van der Waals surface area contributed by atoms with Crippen LogP contribution in [0.3, 0.4) is 0 Å². The molecule has 1 aromatic heterocycles. The van der Waals surface area contributed by atoms with Gasteiger partial charge in [0.2, 0.25) is 12.0 Å². The van der Waals surface area contributed by atoms with Crippen molar-refractivity contribution in [1.82, 2.24) is 9.55 Å². The monoisotopic (exact) mass is 242 g/mol. The molecule has 0 radical (unpaired) electrons. The molecule has 8 nitrogen and oxygen atoms in total. The summed E-state index contributed by atoms with van der Waals surface area (Å²) in [5.74, 6) is -0.738. The van der Waals surface area contributed by atoms with E-state index >= 15 is 0 Å². The maximum Gasteiger partial charge on any atom is 0.330 e. The molecular weight excluding hydrogens is 232 g/mol. The highest BCUT2D eigenvalue weighted by Crippen LogP contribution is 2.23. The van der Waals surface area contributed by atoms with E-state index < -0.39 is 42.1 Å². The molecule has 3 unspecified atom stereocenters. The number of ether oxygens (including phenoxy) is 1. The van der Waals surface area contributed by atoms with E-state index in [1.54, 1.807) is 0 Å². The van der Waals surface area contributed by atoms with Gasteiger partial charge in [-0.25, -0.2) is 4.79 Å². The van der Waals surface area contributed by atoms with Gasteiger partial charge in [-0.3, -0.25) is 19.1 Å². The third kappa shape index (κ3) is 1.93. The maximum absolute atomic E-state index is 11.6. The molecule has 0 aliphatic carbocycles. The largest absolute Gasteiger partial charge is 0.394 e. The van der Waals surface area contributed by atoms with Crippen LogP contribution in [0.1, 0.15) is 6.23 Å². The number of Topliss-reactive ketones (excluding diaryl/α,β-unsaturated/α-hetero) is 1. The molecule has 8 heteroatoms. The van der Waals surface area contributed by atoms with Crippen molar-refractivity contribution in [2.75, 3.05) is 6.61 Å². The predicted octanol–water partition coefficient (Wildman–Crippen LogP) is -2.64. The molecule has 1 aliphatic rings. The first kappa shape index (κ1) is 11.7. The number of nitrogens with one attached hydrogen (secondary N) is 1. The normalized spacial score (nSPS) is 28.6. The highest BCUT2D eigenvalue weighted by atomic mass is 16.6. The number of H-pyrrole nitrogens is 1. The Hall–Kier alpha value is -1.77. The van der Waals surface area contributed by atoms with Crippen LogP contribution in [0.5, 0.6) is 0 Å². The number of rotatable bonds is 2. The molecule has 1 saturated heterocycles. The lowest BCUT2D eigenvalue weighted by Crippen LogP contribution is -2.34. The van der Waals surface area contributed by atoms with E-state index in [0.717, 1.165) is 16.8 Å². The average molecular weight is 242 g/mol. The predicted molar refractivity (Wildman–Crippen MR) is 53.3 cm³/mol. The lowest BCUT2D eigenvalue weighted by atomic mass is 10.2. The fraction of sp³-hybridized carbons (Fsp3) is 0.444. The number of aliphatic hydroxyl groups excluding tert-OH is 2. The lowest BCUT2D eigenvalue weighted by molar-refractivity contribution is -0.130. The Morgan fingerprint density at radius 3 is 2.65 bits per heavy atom. The number of hydrogen-bond donors (Lipinski definition) is 3. The van der Waals surface area contributed by atoms with Crippen LogP contribution in [0.2, 0.25) is 0 Å². The third-order valence-corrected chi connectivity index (χ3v) is 2.47. The quantitative estimate of drug-likeness (QED) is 0.521. The first-order valence-electron chi connectivity index (χ1n) is 4.84. The second-order valence-electron chi connectivity index (χ2n) is 3.57. The van der Waals surface area contributed by atoms with Crippen molar-refractivity contribution in [2.45, 2.75) is 18.4 Å². The SMILES string of the molecule is O=C1C(O)C(CO)OC1n1ccc(=O)[nH]c1=O. The summed E-state index contributed by atoms with van der Waals surface area (Å²) < 4.78 is 5.88. The molecule has 92 valence electrons. The molecule has 2 heterocycles. The Bertz CT molecular complexity index is 547. The fourth-order valence-electron chi connectivity index (χ4n) is 1.59. The summed E-state index contributed by atoms with van der Waals surface area (Å²) in [6.45, 7) is -0.540. The van der Waals surface area contributed by atoms with Gasteiger partial charge >= 0.3 is 5.69 Å². The van der Waals surface area contributed by atoms with E-state index in [-0.39, 0.29) is 0 Å². The van der Waals surface area contributed by atoms with Crippen LogP contribution >= 0.6 is 0 Å².